The van der Waals surface area contributed by atoms with Crippen LogP contribution in [0.4, 0.5) is 5.69 Å². The average molecular weight is 338 g/mol. The SMILES string of the molecule is O=S1C=Nc2ccc(CCN3CCC(c4ccccc4)CC3)cc21. The Kier molecular flexibility index (Phi) is 4.58. The number of hydrogen-bond acceptors (Lipinski definition) is 3. The summed E-state index contributed by atoms with van der Waals surface area (Å²) in [7, 11) is -1.05. The Labute approximate surface area is 145 Å². The molecule has 124 valence electrons. The normalized spacial score (nSPS) is 21.1. The maximum Gasteiger partial charge on any atom is 0.0984 e. The molecule has 0 aliphatic carbocycles. The molecule has 0 spiro atoms. The average Bonchev–Trinajstić information content (AvgIpc) is 3.02. The Balaban J connectivity index is 1.31. The maximum atomic E-state index is 11.8. The minimum Gasteiger partial charge on any atom is -0.303 e. The van der Waals surface area contributed by atoms with E-state index in [2.05, 4.69) is 52.4 Å². The van der Waals surface area contributed by atoms with Crippen molar-refractivity contribution in [3.05, 3.63) is 59.7 Å². The summed E-state index contributed by atoms with van der Waals surface area (Å²) in [5, 5.41) is 0. The number of rotatable bonds is 4. The van der Waals surface area contributed by atoms with Crippen molar-refractivity contribution in [3.8, 4) is 0 Å². The Morgan fingerprint density at radius 2 is 1.88 bits per heavy atom. The first-order valence-corrected chi connectivity index (χ1v) is 9.86. The minimum atomic E-state index is -1.05. The Morgan fingerprint density at radius 1 is 1.08 bits per heavy atom. The third-order valence-corrected chi connectivity index (χ3v) is 6.16. The number of likely N-dealkylation sites (tertiary alicyclic amines) is 1. The molecular weight excluding hydrogens is 316 g/mol. The minimum absolute atomic E-state index is 0.710. The van der Waals surface area contributed by atoms with E-state index >= 15 is 0 Å². The lowest BCUT2D eigenvalue weighted by Gasteiger charge is -2.32. The van der Waals surface area contributed by atoms with E-state index in [1.54, 1.807) is 0 Å². The molecule has 1 atom stereocenters. The fraction of sp³-hybridized carbons (Fsp3) is 0.350. The van der Waals surface area contributed by atoms with Crippen LogP contribution in [0.1, 0.15) is 29.9 Å². The number of hydrogen-bond donors (Lipinski definition) is 0. The number of fused-ring (bicyclic) bond motifs is 1. The van der Waals surface area contributed by atoms with Gasteiger partial charge in [-0.15, -0.1) is 0 Å². The first-order chi connectivity index (χ1) is 11.8. The van der Waals surface area contributed by atoms with Crippen molar-refractivity contribution >= 4 is 22.0 Å². The van der Waals surface area contributed by atoms with Gasteiger partial charge in [-0.2, -0.15) is 0 Å². The predicted molar refractivity (Wildman–Crippen MR) is 99.6 cm³/mol. The molecule has 3 nitrogen and oxygen atoms in total. The summed E-state index contributed by atoms with van der Waals surface area (Å²) in [6, 6.07) is 17.1. The van der Waals surface area contributed by atoms with Crippen molar-refractivity contribution in [2.45, 2.75) is 30.1 Å². The molecule has 0 aromatic heterocycles. The smallest absolute Gasteiger partial charge is 0.0984 e. The molecule has 1 unspecified atom stereocenters. The van der Waals surface area contributed by atoms with Crippen molar-refractivity contribution in [2.24, 2.45) is 4.99 Å². The van der Waals surface area contributed by atoms with Gasteiger partial charge < -0.3 is 4.90 Å². The van der Waals surface area contributed by atoms with Gasteiger partial charge in [0.1, 0.15) is 0 Å². The molecule has 2 heterocycles. The molecule has 1 saturated heterocycles. The lowest BCUT2D eigenvalue weighted by atomic mass is 9.89. The van der Waals surface area contributed by atoms with Crippen LogP contribution in [0.5, 0.6) is 0 Å². The van der Waals surface area contributed by atoms with Crippen molar-refractivity contribution < 1.29 is 4.21 Å². The highest BCUT2D eigenvalue weighted by Gasteiger charge is 2.20. The standard InChI is InChI=1S/C20H22N2OS/c23-24-15-21-19-7-6-16(14-20(19)24)8-11-22-12-9-18(10-13-22)17-4-2-1-3-5-17/h1-7,14-15,18H,8-13H2. The monoisotopic (exact) mass is 338 g/mol. The highest BCUT2D eigenvalue weighted by Crippen LogP contribution is 2.29. The van der Waals surface area contributed by atoms with Gasteiger partial charge in [0, 0.05) is 6.54 Å². The van der Waals surface area contributed by atoms with E-state index in [-0.39, 0.29) is 0 Å². The van der Waals surface area contributed by atoms with E-state index in [4.69, 9.17) is 0 Å². The molecule has 2 aromatic carbocycles. The molecule has 4 heteroatoms. The highest BCUT2D eigenvalue weighted by molar-refractivity contribution is 7.99. The van der Waals surface area contributed by atoms with Gasteiger partial charge in [-0.25, -0.2) is 9.20 Å². The molecule has 1 fully saturated rings. The van der Waals surface area contributed by atoms with E-state index in [9.17, 15) is 4.21 Å². The molecule has 0 radical (unpaired) electrons. The van der Waals surface area contributed by atoms with Crippen LogP contribution in [0.2, 0.25) is 0 Å². The second-order valence-electron chi connectivity index (χ2n) is 6.61. The van der Waals surface area contributed by atoms with Crippen LogP contribution in [0.15, 0.2) is 58.4 Å². The second-order valence-corrected chi connectivity index (χ2v) is 7.86. The molecule has 0 amide bonds. The van der Waals surface area contributed by atoms with E-state index in [1.165, 1.54) is 42.6 Å². The van der Waals surface area contributed by atoms with Crippen LogP contribution in [-0.4, -0.2) is 34.3 Å². The van der Waals surface area contributed by atoms with Crippen LogP contribution < -0.4 is 0 Å². The van der Waals surface area contributed by atoms with Crippen LogP contribution in [0.25, 0.3) is 0 Å². The quantitative estimate of drug-likeness (QED) is 0.847. The summed E-state index contributed by atoms with van der Waals surface area (Å²) in [4.78, 5) is 7.60. The van der Waals surface area contributed by atoms with Gasteiger partial charge in [-0.3, -0.25) is 0 Å². The van der Waals surface area contributed by atoms with E-state index in [1.807, 2.05) is 6.07 Å². The molecule has 2 aliphatic rings. The van der Waals surface area contributed by atoms with Crippen molar-refractivity contribution in [2.75, 3.05) is 19.6 Å². The van der Waals surface area contributed by atoms with Crippen LogP contribution in [-0.2, 0) is 17.2 Å². The zero-order chi connectivity index (χ0) is 16.4. The topological polar surface area (TPSA) is 32.7 Å². The molecular formula is C20H22N2OS. The summed E-state index contributed by atoms with van der Waals surface area (Å²) in [6.07, 6.45) is 3.50. The lowest BCUT2D eigenvalue weighted by molar-refractivity contribution is 0.214. The predicted octanol–water partition coefficient (Wildman–Crippen LogP) is 3.89. The first-order valence-electron chi connectivity index (χ1n) is 8.64. The molecule has 4 rings (SSSR count). The van der Waals surface area contributed by atoms with Crippen molar-refractivity contribution in [3.63, 3.8) is 0 Å². The summed E-state index contributed by atoms with van der Waals surface area (Å²) < 4.78 is 11.8. The summed E-state index contributed by atoms with van der Waals surface area (Å²) in [6.45, 7) is 3.41. The zero-order valence-electron chi connectivity index (χ0n) is 13.7. The third kappa shape index (κ3) is 3.35. The fourth-order valence-electron chi connectivity index (χ4n) is 3.65. The maximum absolute atomic E-state index is 11.8. The van der Waals surface area contributed by atoms with Gasteiger partial charge in [-0.05, 0) is 61.5 Å². The van der Waals surface area contributed by atoms with E-state index < -0.39 is 10.8 Å². The van der Waals surface area contributed by atoms with Crippen LogP contribution >= 0.6 is 0 Å². The van der Waals surface area contributed by atoms with Crippen LogP contribution in [0, 0.1) is 0 Å². The molecule has 0 N–H and O–H groups in total. The van der Waals surface area contributed by atoms with Gasteiger partial charge in [-0.1, -0.05) is 36.4 Å². The Hall–Kier alpha value is -1.78. The number of nitrogens with zero attached hydrogens (tertiary/aromatic N) is 2. The van der Waals surface area contributed by atoms with E-state index in [0.717, 1.165) is 23.5 Å². The zero-order valence-corrected chi connectivity index (χ0v) is 14.5. The van der Waals surface area contributed by atoms with Gasteiger partial charge in [0.05, 0.1) is 26.9 Å². The van der Waals surface area contributed by atoms with Crippen molar-refractivity contribution in [1.82, 2.24) is 4.90 Å². The van der Waals surface area contributed by atoms with Gasteiger partial charge in [0.25, 0.3) is 0 Å². The highest BCUT2D eigenvalue weighted by atomic mass is 32.2. The molecule has 0 bridgehead atoms. The number of piperidine rings is 1. The lowest BCUT2D eigenvalue weighted by Crippen LogP contribution is -2.34. The third-order valence-electron chi connectivity index (χ3n) is 5.10. The Morgan fingerprint density at radius 3 is 2.67 bits per heavy atom. The van der Waals surface area contributed by atoms with Gasteiger partial charge in [0.15, 0.2) is 0 Å². The second kappa shape index (κ2) is 6.99. The largest absolute Gasteiger partial charge is 0.303 e. The van der Waals surface area contributed by atoms with Gasteiger partial charge in [0.2, 0.25) is 0 Å². The fourth-order valence-corrected chi connectivity index (χ4v) is 4.56. The van der Waals surface area contributed by atoms with Gasteiger partial charge >= 0.3 is 0 Å². The first kappa shape index (κ1) is 15.7. The summed E-state index contributed by atoms with van der Waals surface area (Å²) >= 11 is 0. The summed E-state index contributed by atoms with van der Waals surface area (Å²) in [5.74, 6) is 0.710. The molecule has 24 heavy (non-hydrogen) atoms. The molecule has 2 aliphatic heterocycles. The number of benzene rings is 2. The Bertz CT molecular complexity index is 764. The molecule has 0 saturated carbocycles. The van der Waals surface area contributed by atoms with Crippen molar-refractivity contribution in [1.29, 1.82) is 0 Å². The summed E-state index contributed by atoms with van der Waals surface area (Å²) in [5.41, 5.74) is 5.14. The van der Waals surface area contributed by atoms with E-state index in [0.29, 0.717) is 5.92 Å². The van der Waals surface area contributed by atoms with Crippen LogP contribution in [0.3, 0.4) is 0 Å². The number of aliphatic imine (C=N–C) groups is 1. The molecule has 2 aromatic rings.